The van der Waals surface area contributed by atoms with Crippen molar-refractivity contribution in [2.45, 2.75) is 198 Å². The summed E-state index contributed by atoms with van der Waals surface area (Å²) in [7, 11) is 2.41. The molecule has 1 aromatic carbocycles. The number of carbonyl (C=O) groups excluding carboxylic acids is 3. The van der Waals surface area contributed by atoms with Crippen LogP contribution in [0.5, 0.6) is 0 Å². The molecular weight excluding hydrogens is 963 g/mol. The average Bonchev–Trinajstić information content (AvgIpc) is 3.62. The summed E-state index contributed by atoms with van der Waals surface area (Å²) >= 11 is 0. The number of nitrogen functional groups attached to an aromatic ring is 1. The van der Waals surface area contributed by atoms with Crippen LogP contribution in [0.3, 0.4) is 0 Å². The number of esters is 1. The van der Waals surface area contributed by atoms with Gasteiger partial charge in [-0.15, -0.1) is 0 Å². The summed E-state index contributed by atoms with van der Waals surface area (Å²) in [6, 6.07) is 5.23. The topological polar surface area (TPSA) is 304 Å². The molecule has 4 heterocycles. The number of likely N-dealkylation sites (N-methyl/N-ethyl adjacent to an activating group) is 2. The lowest BCUT2D eigenvalue weighted by Gasteiger charge is -2.49. The van der Waals surface area contributed by atoms with Crippen LogP contribution >= 0.6 is 0 Å². The lowest BCUT2D eigenvalue weighted by Crippen LogP contribution is -2.62. The highest BCUT2D eigenvalue weighted by Gasteiger charge is 2.53. The number of nitrogens with zero attached hydrogens (tertiary/aromatic N) is 4. The Morgan fingerprint density at radius 1 is 0.972 bits per heavy atom. The number of hydrogen-bond donors (Lipinski definition) is 6. The van der Waals surface area contributed by atoms with Gasteiger partial charge in [0.25, 0.3) is 15.9 Å². The molecule has 3 aliphatic rings. The number of cyclic esters (lactones) is 1. The Bertz CT molecular complexity index is 2260. The Labute approximate surface area is 424 Å². The molecule has 0 spiro atoms. The lowest BCUT2D eigenvalue weighted by molar-refractivity contribution is -0.318. The number of benzene rings is 1. The maximum absolute atomic E-state index is 14.1. The molecule has 0 saturated carbocycles. The van der Waals surface area contributed by atoms with E-state index in [-0.39, 0.29) is 42.2 Å². The third kappa shape index (κ3) is 13.1. The van der Waals surface area contributed by atoms with E-state index in [0.29, 0.717) is 27.7 Å². The van der Waals surface area contributed by atoms with E-state index in [1.165, 1.54) is 52.3 Å². The first kappa shape index (κ1) is 60.7. The number of sulfonamides is 1. The maximum Gasteiger partial charge on any atom is 0.311 e. The van der Waals surface area contributed by atoms with E-state index >= 15 is 0 Å². The van der Waals surface area contributed by atoms with Gasteiger partial charge in [-0.25, -0.2) is 8.42 Å². The van der Waals surface area contributed by atoms with E-state index < -0.39 is 118 Å². The van der Waals surface area contributed by atoms with Crippen molar-refractivity contribution >= 4 is 39.4 Å². The summed E-state index contributed by atoms with van der Waals surface area (Å²) in [6.45, 7) is 19.1. The molecule has 72 heavy (non-hydrogen) atoms. The Kier molecular flexibility index (Phi) is 20.1. The minimum atomic E-state index is -4.08. The molecule has 5 rings (SSSR count). The van der Waals surface area contributed by atoms with E-state index in [2.05, 4.69) is 5.16 Å². The number of aliphatic hydroxyl groups is 5. The van der Waals surface area contributed by atoms with Crippen LogP contribution in [0, 0.1) is 31.6 Å². The summed E-state index contributed by atoms with van der Waals surface area (Å²) in [6.07, 6.45) is -10.1. The van der Waals surface area contributed by atoms with Crippen LogP contribution in [0.4, 0.5) is 11.6 Å². The highest BCUT2D eigenvalue weighted by molar-refractivity contribution is 7.93. The Morgan fingerprint density at radius 2 is 1.57 bits per heavy atom. The van der Waals surface area contributed by atoms with Crippen molar-refractivity contribution in [2.24, 2.45) is 17.8 Å². The van der Waals surface area contributed by atoms with E-state index in [0.717, 1.165) is 11.8 Å². The molecule has 0 aliphatic carbocycles. The van der Waals surface area contributed by atoms with Gasteiger partial charge in [-0.1, -0.05) is 25.9 Å². The van der Waals surface area contributed by atoms with Gasteiger partial charge >= 0.3 is 5.97 Å². The zero-order valence-electron chi connectivity index (χ0n) is 44.6. The summed E-state index contributed by atoms with van der Waals surface area (Å²) in [4.78, 5) is 42.4. The molecule has 0 unspecified atom stereocenters. The number of methoxy groups -OCH3 is 1. The first-order chi connectivity index (χ1) is 33.2. The van der Waals surface area contributed by atoms with Gasteiger partial charge in [-0.05, 0) is 113 Å². The number of anilines is 2. The summed E-state index contributed by atoms with van der Waals surface area (Å²) in [5, 5.41) is 61.2. The first-order valence-electron chi connectivity index (χ1n) is 24.3. The molecule has 2 amide bonds. The third-order valence-corrected chi connectivity index (χ3v) is 16.3. The minimum absolute atomic E-state index is 0.0552. The van der Waals surface area contributed by atoms with E-state index in [4.69, 9.17) is 38.7 Å². The Hall–Kier alpha value is -3.85. The van der Waals surface area contributed by atoms with Gasteiger partial charge < -0.3 is 74.0 Å². The average molecular weight is 1040 g/mol. The number of hydrogen-bond acceptors (Lipinski definition) is 20. The fourth-order valence-electron chi connectivity index (χ4n) is 9.88. The fraction of sp³-hybridized carbons (Fsp3) is 0.755. The zero-order chi connectivity index (χ0) is 54.7. The number of ether oxygens (including phenoxy) is 6. The SMILES string of the molecule is CC(=O)N(c1onc(C)c1C)S(=O)(=O)c1ccc(N)cc1.CC[C@H]1OC(=O)[C@H](C)[C@@H](O[C@H]2C[C@@](C)(OC)[C@@H](O)[C@H](C)O2)[C@H](C)[C@@H](O[C@@H]2O[C@H](C)C[C@H](N(C)C)[C@H]2O)[C@](C)(O)C[C@@H](C)C(=O)N(C)[C@@H](O)[C@]1(C)O. The Morgan fingerprint density at radius 3 is 2.08 bits per heavy atom. The summed E-state index contributed by atoms with van der Waals surface area (Å²) in [5.41, 5.74) is 2.03. The molecule has 1 aromatic heterocycles. The highest BCUT2D eigenvalue weighted by atomic mass is 32.2. The van der Waals surface area contributed by atoms with Crippen molar-refractivity contribution in [3.63, 3.8) is 0 Å². The maximum atomic E-state index is 14.1. The van der Waals surface area contributed by atoms with Gasteiger partial charge in [0.2, 0.25) is 11.8 Å². The standard InChI is InChI=1S/C36H66N2O13.C13H15N3O4S/c1-14-24-36(9,45)33(43)38(12)30(41)18(2)16-34(7,44)29(51-32-26(39)23(37(10)11)15-19(3)47-32)20(4)27(21(5)31(42)49-24)50-25-17-35(8,46-13)28(40)22(6)48-25;1-8-9(2)15-20-13(8)16(10(3)17)21(18,19)12-6-4-11(14)5-7-12/h18-29,32-33,39-40,43-45H,14-17H2,1-13H3;4-7H,14H2,1-3H3/t18-,19-,20+,21-,22+,23+,24-,25+,26-,27+,28+,29-,32+,33+,34-,35-,36-;/m1./s1. The molecule has 0 radical (unpaired) electrons. The third-order valence-electron chi connectivity index (χ3n) is 14.5. The molecule has 3 aliphatic heterocycles. The second-order valence-corrected chi connectivity index (χ2v) is 22.5. The van der Waals surface area contributed by atoms with Gasteiger partial charge in [0.15, 0.2) is 18.8 Å². The van der Waals surface area contributed by atoms with Crippen LogP contribution in [0.2, 0.25) is 0 Å². The molecular formula is C49H81N5O17S. The molecule has 22 nitrogen and oxygen atoms in total. The van der Waals surface area contributed by atoms with Gasteiger partial charge in [-0.2, -0.15) is 4.31 Å². The van der Waals surface area contributed by atoms with Crippen LogP contribution in [0.1, 0.15) is 106 Å². The second kappa shape index (κ2) is 23.8. The predicted octanol–water partition coefficient (Wildman–Crippen LogP) is 2.61. The monoisotopic (exact) mass is 1040 g/mol. The van der Waals surface area contributed by atoms with Crippen LogP contribution in [0.15, 0.2) is 33.7 Å². The first-order valence-corrected chi connectivity index (χ1v) is 25.8. The van der Waals surface area contributed by atoms with Gasteiger partial charge in [0.1, 0.15) is 23.9 Å². The van der Waals surface area contributed by atoms with E-state index in [1.807, 2.05) is 25.9 Å². The van der Waals surface area contributed by atoms with Crippen LogP contribution < -0.4 is 10.0 Å². The molecule has 17 atom stereocenters. The minimum Gasteiger partial charge on any atom is -0.459 e. The van der Waals surface area contributed by atoms with Crippen molar-refractivity contribution in [3.05, 3.63) is 35.5 Å². The normalized spacial score (nSPS) is 37.6. The molecule has 23 heteroatoms. The molecule has 3 saturated heterocycles. The van der Waals surface area contributed by atoms with E-state index in [1.54, 1.807) is 55.4 Å². The molecule has 0 bridgehead atoms. The van der Waals surface area contributed by atoms with Gasteiger partial charge in [0, 0.05) is 56.6 Å². The summed E-state index contributed by atoms with van der Waals surface area (Å²) in [5.74, 6) is -4.98. The smallest absolute Gasteiger partial charge is 0.311 e. The second-order valence-electron chi connectivity index (χ2n) is 20.7. The fourth-order valence-corrected chi connectivity index (χ4v) is 11.3. The van der Waals surface area contributed by atoms with Crippen molar-refractivity contribution < 1.29 is 81.3 Å². The van der Waals surface area contributed by atoms with Crippen molar-refractivity contribution in [1.29, 1.82) is 0 Å². The largest absolute Gasteiger partial charge is 0.459 e. The van der Waals surface area contributed by atoms with Crippen molar-refractivity contribution in [3.8, 4) is 0 Å². The van der Waals surface area contributed by atoms with Gasteiger partial charge in [0.05, 0.1) is 52.1 Å². The Balaban J connectivity index is 0.000000443. The van der Waals surface area contributed by atoms with Crippen LogP contribution in [-0.2, 0) is 52.8 Å². The highest BCUT2D eigenvalue weighted by Crippen LogP contribution is 2.40. The molecule has 410 valence electrons. The number of aryl methyl sites for hydroxylation is 1. The number of rotatable bonds is 10. The predicted molar refractivity (Wildman–Crippen MR) is 262 cm³/mol. The van der Waals surface area contributed by atoms with E-state index in [9.17, 15) is 48.3 Å². The number of carbonyl (C=O) groups is 3. The van der Waals surface area contributed by atoms with Gasteiger partial charge in [-0.3, -0.25) is 14.4 Å². The quantitative estimate of drug-likeness (QED) is 0.147. The lowest BCUT2D eigenvalue weighted by atomic mass is 9.77. The molecule has 7 N–H and O–H groups in total. The van der Waals surface area contributed by atoms with Crippen LogP contribution in [-0.4, -0.2) is 179 Å². The van der Waals surface area contributed by atoms with Crippen molar-refractivity contribution in [1.82, 2.24) is 15.0 Å². The number of aromatic nitrogens is 1. The molecule has 3 fully saturated rings. The zero-order valence-corrected chi connectivity index (χ0v) is 45.4. The van der Waals surface area contributed by atoms with Crippen molar-refractivity contribution in [2.75, 3.05) is 38.3 Å². The number of nitrogens with two attached hydrogens (primary N) is 1. The number of amides is 2. The summed E-state index contributed by atoms with van der Waals surface area (Å²) < 4.78 is 67.8. The number of aliphatic hydroxyl groups excluding tert-OH is 3. The molecule has 2 aromatic rings. The van der Waals surface area contributed by atoms with Crippen LogP contribution in [0.25, 0.3) is 0 Å².